The number of benzene rings is 1. The van der Waals surface area contributed by atoms with E-state index in [1.54, 1.807) is 7.05 Å². The number of aromatic nitrogens is 1. The third-order valence-corrected chi connectivity index (χ3v) is 2.22. The second kappa shape index (κ2) is 4.34. The zero-order valence-electron chi connectivity index (χ0n) is 9.92. The lowest BCUT2D eigenvalue weighted by Crippen LogP contribution is -2.08. The van der Waals surface area contributed by atoms with Gasteiger partial charge in [0.05, 0.1) is 5.52 Å². The number of rotatable bonds is 0. The predicted molar refractivity (Wildman–Crippen MR) is 62.3 cm³/mol. The molecule has 0 bridgehead atoms. The second-order valence-corrected chi connectivity index (χ2v) is 3.36. The van der Waals surface area contributed by atoms with Crippen LogP contribution < -0.4 is 5.76 Å². The van der Waals surface area contributed by atoms with Crippen LogP contribution in [-0.4, -0.2) is 4.57 Å². The Morgan fingerprint density at radius 1 is 1.20 bits per heavy atom. The van der Waals surface area contributed by atoms with Gasteiger partial charge in [-0.2, -0.15) is 0 Å². The summed E-state index contributed by atoms with van der Waals surface area (Å²) in [7, 11) is 1.72. The molecule has 2 rings (SSSR count). The molecule has 0 amide bonds. The molecule has 0 aliphatic carbocycles. The fourth-order valence-electron chi connectivity index (χ4n) is 1.57. The molecule has 82 valence electrons. The number of nitrogens with zero attached hydrogens (tertiary/aromatic N) is 1. The number of hydrogen-bond donors (Lipinski definition) is 0. The lowest BCUT2D eigenvalue weighted by Gasteiger charge is -1.97. The summed E-state index contributed by atoms with van der Waals surface area (Å²) in [6.07, 6.45) is 0. The Morgan fingerprint density at radius 2 is 1.80 bits per heavy atom. The molecule has 1 heterocycles. The Labute approximate surface area is 89.3 Å². The molecule has 3 heteroatoms. The number of fused-ring (bicyclic) bond motifs is 1. The minimum absolute atomic E-state index is 0.302. The van der Waals surface area contributed by atoms with Crippen molar-refractivity contribution in [3.05, 3.63) is 33.8 Å². The lowest BCUT2D eigenvalue weighted by molar-refractivity contribution is 0.526. The van der Waals surface area contributed by atoms with Gasteiger partial charge in [0, 0.05) is 7.05 Å². The lowest BCUT2D eigenvalue weighted by atomic mass is 10.1. The smallest absolute Gasteiger partial charge is 0.407 e. The molecular formula is C12H17NO2. The van der Waals surface area contributed by atoms with Gasteiger partial charge in [0.2, 0.25) is 0 Å². The van der Waals surface area contributed by atoms with E-state index in [-0.39, 0.29) is 5.76 Å². The summed E-state index contributed by atoms with van der Waals surface area (Å²) in [5.41, 5.74) is 3.70. The fraction of sp³-hybridized carbons (Fsp3) is 0.417. The van der Waals surface area contributed by atoms with Gasteiger partial charge in [-0.1, -0.05) is 19.9 Å². The molecule has 0 unspecified atom stereocenters. The number of hydrogen-bond acceptors (Lipinski definition) is 2. The first-order chi connectivity index (χ1) is 7.09. The molecule has 3 nitrogen and oxygen atoms in total. The Balaban J connectivity index is 0.000000531. The van der Waals surface area contributed by atoms with Gasteiger partial charge in [0.25, 0.3) is 0 Å². The molecule has 0 aliphatic rings. The molecule has 0 aliphatic heterocycles. The molecule has 15 heavy (non-hydrogen) atoms. The molecule has 2 aromatic rings. The van der Waals surface area contributed by atoms with E-state index in [2.05, 4.69) is 0 Å². The van der Waals surface area contributed by atoms with Crippen molar-refractivity contribution in [3.63, 3.8) is 0 Å². The Morgan fingerprint density at radius 3 is 2.40 bits per heavy atom. The molecule has 0 fully saturated rings. The van der Waals surface area contributed by atoms with Crippen molar-refractivity contribution in [1.29, 1.82) is 0 Å². The third kappa shape index (κ3) is 1.96. The van der Waals surface area contributed by atoms with Crippen molar-refractivity contribution in [2.24, 2.45) is 7.05 Å². The summed E-state index contributed by atoms with van der Waals surface area (Å²) in [4.78, 5) is 11.2. The number of aryl methyl sites for hydroxylation is 3. The van der Waals surface area contributed by atoms with Crippen LogP contribution in [-0.2, 0) is 7.05 Å². The zero-order valence-corrected chi connectivity index (χ0v) is 9.92. The molecule has 0 atom stereocenters. The summed E-state index contributed by atoms with van der Waals surface area (Å²) < 4.78 is 6.61. The molecule has 0 N–H and O–H groups in total. The van der Waals surface area contributed by atoms with E-state index in [0.717, 1.165) is 16.6 Å². The summed E-state index contributed by atoms with van der Waals surface area (Å²) in [5, 5.41) is 0. The standard InChI is InChI=1S/C10H11NO2.C2H6/c1-6-4-7(2)9-8(5-6)11(3)10(12)13-9;1-2/h4-5H,1-3H3;1-2H3. The maximum atomic E-state index is 11.2. The average Bonchev–Trinajstić information content (AvgIpc) is 2.49. The van der Waals surface area contributed by atoms with Gasteiger partial charge in [-0.3, -0.25) is 4.57 Å². The summed E-state index contributed by atoms with van der Waals surface area (Å²) in [6.45, 7) is 7.95. The van der Waals surface area contributed by atoms with Gasteiger partial charge in [-0.15, -0.1) is 0 Å². The molecule has 0 radical (unpaired) electrons. The Bertz CT molecular complexity index is 520. The van der Waals surface area contributed by atoms with Crippen molar-refractivity contribution in [1.82, 2.24) is 4.57 Å². The van der Waals surface area contributed by atoms with Crippen LogP contribution in [0.2, 0.25) is 0 Å². The highest BCUT2D eigenvalue weighted by molar-refractivity contribution is 5.77. The van der Waals surface area contributed by atoms with Crippen LogP contribution in [0.1, 0.15) is 25.0 Å². The zero-order chi connectivity index (χ0) is 11.6. The van der Waals surface area contributed by atoms with Gasteiger partial charge in [-0.05, 0) is 31.0 Å². The Hall–Kier alpha value is -1.51. The van der Waals surface area contributed by atoms with Crippen LogP contribution in [0.25, 0.3) is 11.1 Å². The molecule has 1 aromatic heterocycles. The third-order valence-electron chi connectivity index (χ3n) is 2.22. The average molecular weight is 207 g/mol. The minimum Gasteiger partial charge on any atom is -0.407 e. The summed E-state index contributed by atoms with van der Waals surface area (Å²) in [6, 6.07) is 3.96. The first-order valence-corrected chi connectivity index (χ1v) is 5.16. The molecular weight excluding hydrogens is 190 g/mol. The maximum Gasteiger partial charge on any atom is 0.419 e. The van der Waals surface area contributed by atoms with Crippen LogP contribution in [0.3, 0.4) is 0 Å². The van der Waals surface area contributed by atoms with E-state index in [0.29, 0.717) is 5.58 Å². The monoisotopic (exact) mass is 207 g/mol. The van der Waals surface area contributed by atoms with Crippen molar-refractivity contribution in [2.75, 3.05) is 0 Å². The molecule has 0 saturated heterocycles. The highest BCUT2D eigenvalue weighted by Gasteiger charge is 2.07. The number of oxazole rings is 1. The van der Waals surface area contributed by atoms with Crippen molar-refractivity contribution in [3.8, 4) is 0 Å². The normalized spacial score (nSPS) is 9.93. The molecule has 0 saturated carbocycles. The van der Waals surface area contributed by atoms with Gasteiger partial charge in [-0.25, -0.2) is 4.79 Å². The first kappa shape index (κ1) is 11.6. The van der Waals surface area contributed by atoms with E-state index < -0.39 is 0 Å². The van der Waals surface area contributed by atoms with E-state index in [1.807, 2.05) is 39.8 Å². The molecule has 1 aromatic carbocycles. The SMILES string of the molecule is CC.Cc1cc(C)c2oc(=O)n(C)c2c1. The fourth-order valence-corrected chi connectivity index (χ4v) is 1.57. The van der Waals surface area contributed by atoms with Gasteiger partial charge >= 0.3 is 5.76 Å². The van der Waals surface area contributed by atoms with Crippen LogP contribution >= 0.6 is 0 Å². The van der Waals surface area contributed by atoms with Crippen LogP contribution in [0.5, 0.6) is 0 Å². The summed E-state index contributed by atoms with van der Waals surface area (Å²) >= 11 is 0. The van der Waals surface area contributed by atoms with Gasteiger partial charge in [0.15, 0.2) is 5.58 Å². The highest BCUT2D eigenvalue weighted by atomic mass is 16.4. The predicted octanol–water partition coefficient (Wildman–Crippen LogP) is 2.77. The minimum atomic E-state index is -0.302. The van der Waals surface area contributed by atoms with E-state index in [1.165, 1.54) is 4.57 Å². The van der Waals surface area contributed by atoms with E-state index >= 15 is 0 Å². The Kier molecular flexibility index (Phi) is 3.35. The van der Waals surface area contributed by atoms with Crippen LogP contribution in [0.15, 0.2) is 21.3 Å². The highest BCUT2D eigenvalue weighted by Crippen LogP contribution is 2.18. The summed E-state index contributed by atoms with van der Waals surface area (Å²) in [5.74, 6) is -0.302. The largest absolute Gasteiger partial charge is 0.419 e. The van der Waals surface area contributed by atoms with Gasteiger partial charge < -0.3 is 4.42 Å². The van der Waals surface area contributed by atoms with Crippen molar-refractivity contribution >= 4 is 11.1 Å². The van der Waals surface area contributed by atoms with Crippen molar-refractivity contribution < 1.29 is 4.42 Å². The molecule has 0 spiro atoms. The quantitative estimate of drug-likeness (QED) is 0.665. The van der Waals surface area contributed by atoms with E-state index in [9.17, 15) is 4.79 Å². The first-order valence-electron chi connectivity index (χ1n) is 5.16. The van der Waals surface area contributed by atoms with E-state index in [4.69, 9.17) is 4.42 Å². The van der Waals surface area contributed by atoms with Crippen LogP contribution in [0.4, 0.5) is 0 Å². The van der Waals surface area contributed by atoms with Crippen LogP contribution in [0, 0.1) is 13.8 Å². The topological polar surface area (TPSA) is 35.1 Å². The second-order valence-electron chi connectivity index (χ2n) is 3.36. The maximum absolute atomic E-state index is 11.2. The van der Waals surface area contributed by atoms with Crippen molar-refractivity contribution in [2.45, 2.75) is 27.7 Å². The van der Waals surface area contributed by atoms with Gasteiger partial charge in [0.1, 0.15) is 0 Å².